The van der Waals surface area contributed by atoms with Gasteiger partial charge in [-0.25, -0.2) is 4.68 Å². The molecular formula is C20H22N4O5S. The second-order valence-electron chi connectivity index (χ2n) is 7.40. The van der Waals surface area contributed by atoms with Crippen molar-refractivity contribution in [3.05, 3.63) is 58.4 Å². The van der Waals surface area contributed by atoms with Gasteiger partial charge in [0.15, 0.2) is 5.84 Å². The van der Waals surface area contributed by atoms with Crippen LogP contribution in [0.3, 0.4) is 0 Å². The number of anilines is 1. The summed E-state index contributed by atoms with van der Waals surface area (Å²) in [7, 11) is -3.70. The Balaban J connectivity index is 1.94. The molecule has 30 heavy (non-hydrogen) atoms. The molecule has 0 radical (unpaired) electrons. The van der Waals surface area contributed by atoms with Gasteiger partial charge in [-0.05, 0) is 30.2 Å². The van der Waals surface area contributed by atoms with Gasteiger partial charge in [0.05, 0.1) is 11.2 Å². The summed E-state index contributed by atoms with van der Waals surface area (Å²) in [5.41, 5.74) is 3.04. The number of benzene rings is 2. The molecule has 9 nitrogen and oxygen atoms in total. The lowest BCUT2D eigenvalue weighted by atomic mass is 10.1. The van der Waals surface area contributed by atoms with Gasteiger partial charge in [-0.2, -0.15) is 0 Å². The van der Waals surface area contributed by atoms with Crippen LogP contribution in [0.15, 0.2) is 56.6 Å². The summed E-state index contributed by atoms with van der Waals surface area (Å²) in [5, 5.41) is 23.8. The van der Waals surface area contributed by atoms with Crippen molar-refractivity contribution in [2.45, 2.75) is 18.7 Å². The van der Waals surface area contributed by atoms with Crippen LogP contribution in [0.1, 0.15) is 19.4 Å². The van der Waals surface area contributed by atoms with Gasteiger partial charge in [-0.3, -0.25) is 13.9 Å². The van der Waals surface area contributed by atoms with E-state index in [-0.39, 0.29) is 39.4 Å². The molecule has 0 fully saturated rings. The second-order valence-corrected chi connectivity index (χ2v) is 9.06. The normalized spacial score (nSPS) is 16.0. The van der Waals surface area contributed by atoms with E-state index in [2.05, 4.69) is 15.1 Å². The molecule has 1 aliphatic rings. The van der Waals surface area contributed by atoms with Gasteiger partial charge in [0, 0.05) is 18.0 Å². The monoisotopic (exact) mass is 430 g/mol. The molecule has 0 aliphatic carbocycles. The fourth-order valence-electron chi connectivity index (χ4n) is 3.25. The molecule has 0 unspecified atom stereocenters. The topological polar surface area (TPSA) is 139 Å². The quantitative estimate of drug-likeness (QED) is 0.348. The minimum absolute atomic E-state index is 0.00443. The summed E-state index contributed by atoms with van der Waals surface area (Å²) < 4.78 is 26.3. The average molecular weight is 430 g/mol. The third kappa shape index (κ3) is 3.34. The summed E-state index contributed by atoms with van der Waals surface area (Å²) in [6.07, 6.45) is 0. The van der Waals surface area contributed by atoms with Gasteiger partial charge in [0.2, 0.25) is 0 Å². The maximum absolute atomic E-state index is 13.3. The predicted molar refractivity (Wildman–Crippen MR) is 118 cm³/mol. The van der Waals surface area contributed by atoms with E-state index in [1.165, 1.54) is 22.9 Å². The highest BCUT2D eigenvalue weighted by Gasteiger charge is 2.30. The second kappa shape index (κ2) is 7.24. The number of phenols is 1. The number of nitrogens with one attached hydrogen (secondary N) is 2. The summed E-state index contributed by atoms with van der Waals surface area (Å²) in [6, 6.07) is 10.9. The highest BCUT2D eigenvalue weighted by atomic mass is 32.3. The number of para-hydroxylation sites is 1. The summed E-state index contributed by atoms with van der Waals surface area (Å²) in [5.74, 6) is -0.379. The summed E-state index contributed by atoms with van der Waals surface area (Å²) >= 11 is 0. The first kappa shape index (κ1) is 20.1. The van der Waals surface area contributed by atoms with E-state index in [1.54, 1.807) is 24.3 Å². The smallest absolute Gasteiger partial charge is 0.284 e. The SMILES string of the molecule is CC(C)CNn1c(=O)c(C2=NS(O)(O)c3cc(O)ccc3N2)c(O)c2ccccc21. The number of fused-ring (bicyclic) bond motifs is 2. The van der Waals surface area contributed by atoms with Crippen LogP contribution in [-0.4, -0.2) is 36.4 Å². The van der Waals surface area contributed by atoms with E-state index in [0.717, 1.165) is 0 Å². The molecule has 1 aromatic heterocycles. The number of pyridine rings is 1. The number of aromatic hydroxyl groups is 2. The molecule has 0 atom stereocenters. The van der Waals surface area contributed by atoms with Crippen molar-refractivity contribution in [2.75, 3.05) is 17.3 Å². The van der Waals surface area contributed by atoms with Gasteiger partial charge in [-0.15, -0.1) is 4.40 Å². The maximum Gasteiger partial charge on any atom is 0.284 e. The molecular weight excluding hydrogens is 408 g/mol. The third-order valence-electron chi connectivity index (χ3n) is 4.68. The van der Waals surface area contributed by atoms with Crippen LogP contribution in [0.5, 0.6) is 11.5 Å². The van der Waals surface area contributed by atoms with Crippen molar-refractivity contribution in [3.63, 3.8) is 0 Å². The van der Waals surface area contributed by atoms with Crippen molar-refractivity contribution in [3.8, 4) is 11.5 Å². The zero-order chi connectivity index (χ0) is 21.6. The standard InChI is InChI=1S/C20H22N4O5S/c1-11(2)10-21-24-15-6-4-3-5-13(15)18(26)17(20(24)27)19-22-14-8-7-12(25)9-16(14)30(28,29)23-19/h3-9,11,21,25-26,28-29H,10H2,1-2H3,(H,22,23). The van der Waals surface area contributed by atoms with Gasteiger partial charge in [0.25, 0.3) is 5.56 Å². The van der Waals surface area contributed by atoms with Crippen molar-refractivity contribution in [1.82, 2.24) is 4.68 Å². The Bertz CT molecular complexity index is 1240. The number of nitrogens with zero attached hydrogens (tertiary/aromatic N) is 2. The minimum Gasteiger partial charge on any atom is -0.508 e. The molecule has 10 heteroatoms. The third-order valence-corrected chi connectivity index (χ3v) is 6.05. The highest BCUT2D eigenvalue weighted by Crippen LogP contribution is 2.56. The van der Waals surface area contributed by atoms with Gasteiger partial charge in [0.1, 0.15) is 22.0 Å². The predicted octanol–water partition coefficient (Wildman–Crippen LogP) is 3.51. The van der Waals surface area contributed by atoms with E-state index in [1.807, 2.05) is 13.8 Å². The van der Waals surface area contributed by atoms with E-state index >= 15 is 0 Å². The Morgan fingerprint density at radius 3 is 2.63 bits per heavy atom. The molecule has 1 aliphatic heterocycles. The van der Waals surface area contributed by atoms with Crippen LogP contribution in [0.25, 0.3) is 10.9 Å². The molecule has 158 valence electrons. The number of amidine groups is 1. The van der Waals surface area contributed by atoms with Crippen molar-refractivity contribution >= 4 is 33.2 Å². The molecule has 0 saturated carbocycles. The number of hydrogen-bond donors (Lipinski definition) is 6. The van der Waals surface area contributed by atoms with E-state index < -0.39 is 16.3 Å². The number of rotatable bonds is 4. The Hall–Kier alpha value is -3.21. The van der Waals surface area contributed by atoms with E-state index in [4.69, 9.17) is 0 Å². The van der Waals surface area contributed by atoms with Crippen molar-refractivity contribution in [1.29, 1.82) is 0 Å². The Morgan fingerprint density at radius 2 is 1.90 bits per heavy atom. The fraction of sp³-hybridized carbons (Fsp3) is 0.200. The van der Waals surface area contributed by atoms with Crippen molar-refractivity contribution in [2.24, 2.45) is 10.3 Å². The lowest BCUT2D eigenvalue weighted by Gasteiger charge is -2.34. The largest absolute Gasteiger partial charge is 0.508 e. The zero-order valence-electron chi connectivity index (χ0n) is 16.3. The minimum atomic E-state index is -3.70. The first-order valence-electron chi connectivity index (χ1n) is 9.28. The molecule has 2 aromatic carbocycles. The van der Waals surface area contributed by atoms with Gasteiger partial charge in [-0.1, -0.05) is 36.8 Å². The number of hydrogen-bond acceptors (Lipinski definition) is 8. The number of phenolic OH excluding ortho intramolecular Hbond substituents is 1. The summed E-state index contributed by atoms with van der Waals surface area (Å²) in [6.45, 7) is 4.50. The lowest BCUT2D eigenvalue weighted by molar-refractivity contribution is 0.467. The maximum atomic E-state index is 13.3. The van der Waals surface area contributed by atoms with Crippen molar-refractivity contribution < 1.29 is 19.3 Å². The van der Waals surface area contributed by atoms with E-state index in [0.29, 0.717) is 17.4 Å². The zero-order valence-corrected chi connectivity index (χ0v) is 17.1. The van der Waals surface area contributed by atoms with Crippen LogP contribution in [0.2, 0.25) is 0 Å². The van der Waals surface area contributed by atoms with Crippen LogP contribution in [-0.2, 0) is 0 Å². The first-order valence-corrected chi connectivity index (χ1v) is 10.8. The van der Waals surface area contributed by atoms with Gasteiger partial charge >= 0.3 is 0 Å². The number of aromatic nitrogens is 1. The van der Waals surface area contributed by atoms with Crippen LogP contribution < -0.4 is 16.3 Å². The van der Waals surface area contributed by atoms with Crippen LogP contribution >= 0.6 is 10.8 Å². The highest BCUT2D eigenvalue weighted by molar-refractivity contribution is 8.23. The first-order chi connectivity index (χ1) is 14.2. The molecule has 3 aromatic rings. The molecule has 2 heterocycles. The average Bonchev–Trinajstić information content (AvgIpc) is 2.68. The molecule has 0 spiro atoms. The molecule has 0 saturated heterocycles. The van der Waals surface area contributed by atoms with Crippen LogP contribution in [0.4, 0.5) is 5.69 Å². The fourth-order valence-corrected chi connectivity index (χ4v) is 4.43. The van der Waals surface area contributed by atoms with E-state index in [9.17, 15) is 24.1 Å². The molecule has 0 bridgehead atoms. The molecule has 0 amide bonds. The Morgan fingerprint density at radius 1 is 1.17 bits per heavy atom. The molecule has 6 N–H and O–H groups in total. The molecule has 4 rings (SSSR count). The lowest BCUT2D eigenvalue weighted by Crippen LogP contribution is -2.37. The van der Waals surface area contributed by atoms with Gasteiger partial charge < -0.3 is 21.0 Å². The Labute approximate surface area is 173 Å². The summed E-state index contributed by atoms with van der Waals surface area (Å²) in [4.78, 5) is 13.3. The Kier molecular flexibility index (Phi) is 4.85. The van der Waals surface area contributed by atoms with Crippen LogP contribution in [0, 0.1) is 5.92 Å².